The van der Waals surface area contributed by atoms with Gasteiger partial charge in [0.05, 0.1) is 0 Å². The van der Waals surface area contributed by atoms with E-state index in [1.807, 2.05) is 31.2 Å². The molecule has 0 aromatic heterocycles. The van der Waals surface area contributed by atoms with Crippen molar-refractivity contribution in [3.63, 3.8) is 0 Å². The predicted molar refractivity (Wildman–Crippen MR) is 116 cm³/mol. The summed E-state index contributed by atoms with van der Waals surface area (Å²) in [6.45, 7) is 1.89. The fourth-order valence-electron chi connectivity index (χ4n) is 2.76. The van der Waals surface area contributed by atoms with Crippen molar-refractivity contribution in [1.82, 2.24) is 0 Å². The number of anilines is 2. The van der Waals surface area contributed by atoms with Crippen molar-refractivity contribution < 1.29 is 14.3 Å². The molecule has 0 radical (unpaired) electrons. The zero-order valence-corrected chi connectivity index (χ0v) is 16.7. The number of nitrogens with one attached hydrogen (secondary N) is 2. The predicted octanol–water partition coefficient (Wildman–Crippen LogP) is 5.17. The van der Waals surface area contributed by atoms with E-state index in [2.05, 4.69) is 10.6 Å². The zero-order valence-electron chi connectivity index (χ0n) is 15.9. The second-order valence-electron chi connectivity index (χ2n) is 6.34. The first-order valence-corrected chi connectivity index (χ1v) is 9.60. The van der Waals surface area contributed by atoms with Gasteiger partial charge in [-0.2, -0.15) is 0 Å². The van der Waals surface area contributed by atoms with Crippen LogP contribution < -0.4 is 15.4 Å². The molecule has 0 unspecified atom stereocenters. The monoisotopic (exact) mass is 408 g/mol. The number of para-hydroxylation sites is 1. The summed E-state index contributed by atoms with van der Waals surface area (Å²) < 4.78 is 5.48. The highest BCUT2D eigenvalue weighted by Gasteiger charge is 2.09. The van der Waals surface area contributed by atoms with Crippen molar-refractivity contribution in [3.8, 4) is 5.75 Å². The van der Waals surface area contributed by atoms with E-state index in [1.54, 1.807) is 48.5 Å². The number of aryl methyl sites for hydroxylation is 1. The van der Waals surface area contributed by atoms with E-state index in [1.165, 1.54) is 0 Å². The van der Waals surface area contributed by atoms with E-state index in [0.29, 0.717) is 22.0 Å². The van der Waals surface area contributed by atoms with Crippen LogP contribution >= 0.6 is 11.6 Å². The van der Waals surface area contributed by atoms with E-state index in [-0.39, 0.29) is 18.4 Å². The molecule has 3 rings (SSSR count). The summed E-state index contributed by atoms with van der Waals surface area (Å²) in [6.07, 6.45) is 0.834. The van der Waals surface area contributed by atoms with Crippen molar-refractivity contribution in [1.29, 1.82) is 0 Å². The number of hydrogen-bond donors (Lipinski definition) is 2. The van der Waals surface area contributed by atoms with Crippen LogP contribution in [-0.4, -0.2) is 18.4 Å². The van der Waals surface area contributed by atoms with Gasteiger partial charge in [0.15, 0.2) is 6.61 Å². The Morgan fingerprint density at radius 3 is 2.41 bits per heavy atom. The third-order valence-electron chi connectivity index (χ3n) is 4.24. The minimum absolute atomic E-state index is 0.151. The Kier molecular flexibility index (Phi) is 6.87. The molecule has 0 aliphatic heterocycles. The third kappa shape index (κ3) is 5.83. The van der Waals surface area contributed by atoms with Crippen LogP contribution in [0.25, 0.3) is 0 Å². The number of ether oxygens (including phenoxy) is 1. The molecule has 3 aromatic rings. The molecule has 148 valence electrons. The molecular formula is C23H21ClN2O3. The number of carbonyl (C=O) groups excluding carboxylic acids is 2. The fraction of sp³-hybridized carbons (Fsp3) is 0.130. The maximum Gasteiger partial charge on any atom is 0.262 e. The van der Waals surface area contributed by atoms with Gasteiger partial charge in [-0.25, -0.2) is 0 Å². The van der Waals surface area contributed by atoms with E-state index >= 15 is 0 Å². The molecule has 0 saturated heterocycles. The Labute approximate surface area is 174 Å². The van der Waals surface area contributed by atoms with Crippen LogP contribution in [0.5, 0.6) is 5.75 Å². The summed E-state index contributed by atoms with van der Waals surface area (Å²) in [5.41, 5.74) is 2.99. The van der Waals surface area contributed by atoms with Crippen molar-refractivity contribution in [2.75, 3.05) is 17.2 Å². The Bertz CT molecular complexity index is 1000. The number of halogens is 1. The maximum atomic E-state index is 12.5. The molecule has 0 heterocycles. The Balaban J connectivity index is 1.54. The minimum Gasteiger partial charge on any atom is -0.484 e. The normalized spacial score (nSPS) is 10.3. The highest BCUT2D eigenvalue weighted by Crippen LogP contribution is 2.18. The van der Waals surface area contributed by atoms with Crippen molar-refractivity contribution in [2.45, 2.75) is 13.3 Å². The lowest BCUT2D eigenvalue weighted by molar-refractivity contribution is -0.118. The minimum atomic E-state index is -0.301. The van der Waals surface area contributed by atoms with Crippen molar-refractivity contribution >= 4 is 34.8 Å². The zero-order chi connectivity index (χ0) is 20.6. The molecule has 0 bridgehead atoms. The molecule has 0 aliphatic rings. The SMILES string of the molecule is CCc1ccccc1NC(=O)c1ccc(OCC(=O)Nc2cccc(Cl)c2)cc1. The first-order chi connectivity index (χ1) is 14.0. The van der Waals surface area contributed by atoms with Gasteiger partial charge in [0, 0.05) is 22.0 Å². The number of hydrogen-bond acceptors (Lipinski definition) is 3. The molecule has 2 amide bonds. The van der Waals surface area contributed by atoms with Crippen LogP contribution in [0.1, 0.15) is 22.8 Å². The van der Waals surface area contributed by atoms with Gasteiger partial charge >= 0.3 is 0 Å². The van der Waals surface area contributed by atoms with Gasteiger partial charge in [0.1, 0.15) is 5.75 Å². The van der Waals surface area contributed by atoms with Crippen LogP contribution in [-0.2, 0) is 11.2 Å². The van der Waals surface area contributed by atoms with Gasteiger partial charge in [-0.15, -0.1) is 0 Å². The topological polar surface area (TPSA) is 67.4 Å². The van der Waals surface area contributed by atoms with Gasteiger partial charge in [0.25, 0.3) is 11.8 Å². The van der Waals surface area contributed by atoms with Crippen LogP contribution in [0.15, 0.2) is 72.8 Å². The quantitative estimate of drug-likeness (QED) is 0.566. The lowest BCUT2D eigenvalue weighted by atomic mass is 10.1. The summed E-state index contributed by atoms with van der Waals surface area (Å²) in [4.78, 5) is 24.5. The summed E-state index contributed by atoms with van der Waals surface area (Å²) in [7, 11) is 0. The first kappa shape index (κ1) is 20.4. The lowest BCUT2D eigenvalue weighted by Crippen LogP contribution is -2.20. The van der Waals surface area contributed by atoms with Gasteiger partial charge in [-0.1, -0.05) is 42.8 Å². The molecule has 0 saturated carbocycles. The average molecular weight is 409 g/mol. The largest absolute Gasteiger partial charge is 0.484 e. The standard InChI is InChI=1S/C23H21ClN2O3/c1-2-16-6-3-4-9-21(16)26-23(28)17-10-12-20(13-11-17)29-15-22(27)25-19-8-5-7-18(24)14-19/h3-14H,2,15H2,1H3,(H,25,27)(H,26,28). The van der Waals surface area contributed by atoms with E-state index in [9.17, 15) is 9.59 Å². The second kappa shape index (κ2) is 9.75. The molecule has 0 atom stereocenters. The van der Waals surface area contributed by atoms with Gasteiger partial charge in [0.2, 0.25) is 0 Å². The number of carbonyl (C=O) groups is 2. The molecule has 0 aliphatic carbocycles. The molecule has 0 spiro atoms. The van der Waals surface area contributed by atoms with Gasteiger partial charge in [-0.05, 0) is 60.5 Å². The highest BCUT2D eigenvalue weighted by molar-refractivity contribution is 6.30. The van der Waals surface area contributed by atoms with Crippen LogP contribution in [0, 0.1) is 0 Å². The highest BCUT2D eigenvalue weighted by atomic mass is 35.5. The molecule has 2 N–H and O–H groups in total. The lowest BCUT2D eigenvalue weighted by Gasteiger charge is -2.11. The molecule has 29 heavy (non-hydrogen) atoms. The Morgan fingerprint density at radius 2 is 1.69 bits per heavy atom. The first-order valence-electron chi connectivity index (χ1n) is 9.22. The summed E-state index contributed by atoms with van der Waals surface area (Å²) in [5, 5.41) is 6.17. The summed E-state index contributed by atoms with van der Waals surface area (Å²) >= 11 is 5.89. The second-order valence-corrected chi connectivity index (χ2v) is 6.77. The van der Waals surface area contributed by atoms with Crippen molar-refractivity contribution in [2.24, 2.45) is 0 Å². The summed E-state index contributed by atoms with van der Waals surface area (Å²) in [6, 6.07) is 21.2. The number of amides is 2. The Hall–Kier alpha value is -3.31. The Morgan fingerprint density at radius 1 is 0.931 bits per heavy atom. The summed E-state index contributed by atoms with van der Waals surface area (Å²) in [5.74, 6) is -0.00170. The van der Waals surface area contributed by atoms with E-state index in [4.69, 9.17) is 16.3 Å². The fourth-order valence-corrected chi connectivity index (χ4v) is 2.95. The van der Waals surface area contributed by atoms with Gasteiger partial charge in [-0.3, -0.25) is 9.59 Å². The van der Waals surface area contributed by atoms with Crippen LogP contribution in [0.4, 0.5) is 11.4 Å². The number of rotatable bonds is 7. The van der Waals surface area contributed by atoms with Gasteiger partial charge < -0.3 is 15.4 Å². The molecular weight excluding hydrogens is 388 g/mol. The molecule has 5 nitrogen and oxygen atoms in total. The number of benzene rings is 3. The van der Waals surface area contributed by atoms with E-state index in [0.717, 1.165) is 17.7 Å². The van der Waals surface area contributed by atoms with E-state index < -0.39 is 0 Å². The van der Waals surface area contributed by atoms with Crippen molar-refractivity contribution in [3.05, 3.63) is 88.9 Å². The van der Waals surface area contributed by atoms with Crippen LogP contribution in [0.3, 0.4) is 0 Å². The molecule has 6 heteroatoms. The maximum absolute atomic E-state index is 12.5. The average Bonchev–Trinajstić information content (AvgIpc) is 2.73. The molecule has 0 fully saturated rings. The smallest absolute Gasteiger partial charge is 0.262 e. The third-order valence-corrected chi connectivity index (χ3v) is 4.48. The van der Waals surface area contributed by atoms with Crippen LogP contribution in [0.2, 0.25) is 5.02 Å². The molecule has 3 aromatic carbocycles.